The van der Waals surface area contributed by atoms with E-state index in [9.17, 15) is 4.79 Å². The van der Waals surface area contributed by atoms with Crippen LogP contribution >= 0.6 is 11.8 Å². The van der Waals surface area contributed by atoms with Crippen molar-refractivity contribution in [2.45, 2.75) is 23.9 Å². The van der Waals surface area contributed by atoms with Crippen LogP contribution in [-0.4, -0.2) is 34.9 Å². The summed E-state index contributed by atoms with van der Waals surface area (Å²) in [5.74, 6) is 2.57. The number of hydrogen-bond acceptors (Lipinski definition) is 7. The molecule has 1 amide bonds. The van der Waals surface area contributed by atoms with Crippen molar-refractivity contribution in [2.24, 2.45) is 0 Å². The molecule has 37 heavy (non-hydrogen) atoms. The first-order chi connectivity index (χ1) is 18.1. The van der Waals surface area contributed by atoms with Gasteiger partial charge in [-0.15, -0.1) is 5.10 Å². The van der Waals surface area contributed by atoms with Gasteiger partial charge < -0.3 is 20.1 Å². The summed E-state index contributed by atoms with van der Waals surface area (Å²) in [6.45, 7) is 1.88. The standard InChI is InChI=1S/C28H27N5O3S/c1-18-24(26(34)30-21-11-15-23(36-3)16-12-21)25(20-9-13-22(35-2)14-10-20)33-27(29-18)31-28(32-33)37-17-19-7-5-4-6-8-19/h4-16,25H,17H2,1-3H3,(H,30,34)(H,29,31,32)/t25-/m1/s1. The first-order valence-corrected chi connectivity index (χ1v) is 12.7. The summed E-state index contributed by atoms with van der Waals surface area (Å²) in [5, 5.41) is 11.7. The van der Waals surface area contributed by atoms with Gasteiger partial charge in [0.25, 0.3) is 5.91 Å². The highest BCUT2D eigenvalue weighted by molar-refractivity contribution is 7.98. The third-order valence-corrected chi connectivity index (χ3v) is 6.98. The molecule has 0 saturated carbocycles. The molecule has 2 heterocycles. The normalized spacial score (nSPS) is 14.5. The van der Waals surface area contributed by atoms with Crippen LogP contribution in [0.5, 0.6) is 11.5 Å². The van der Waals surface area contributed by atoms with Crippen molar-refractivity contribution >= 4 is 29.3 Å². The number of methoxy groups -OCH3 is 2. The zero-order chi connectivity index (χ0) is 25.8. The molecule has 4 aromatic rings. The number of carbonyl (C=O) groups is 1. The van der Waals surface area contributed by atoms with Gasteiger partial charge in [0, 0.05) is 17.1 Å². The molecule has 0 saturated heterocycles. The second-order valence-electron chi connectivity index (χ2n) is 8.46. The second kappa shape index (κ2) is 10.8. The van der Waals surface area contributed by atoms with Gasteiger partial charge in [0.2, 0.25) is 11.1 Å². The molecular formula is C28H27N5O3S. The van der Waals surface area contributed by atoms with Crippen LogP contribution < -0.4 is 20.1 Å². The number of thioether (sulfide) groups is 1. The molecule has 0 spiro atoms. The monoisotopic (exact) mass is 513 g/mol. The first-order valence-electron chi connectivity index (χ1n) is 11.8. The number of carbonyl (C=O) groups excluding carboxylic acids is 1. The molecule has 9 heteroatoms. The molecule has 0 bridgehead atoms. The Bertz CT molecular complexity index is 1420. The lowest BCUT2D eigenvalue weighted by atomic mass is 9.95. The minimum Gasteiger partial charge on any atom is -0.497 e. The van der Waals surface area contributed by atoms with E-state index in [-0.39, 0.29) is 5.91 Å². The number of allylic oxidation sites excluding steroid dienone is 1. The Morgan fingerprint density at radius 2 is 1.62 bits per heavy atom. The van der Waals surface area contributed by atoms with Crippen LogP contribution in [0, 0.1) is 0 Å². The average molecular weight is 514 g/mol. The number of nitrogens with zero attached hydrogens (tertiary/aromatic N) is 3. The highest BCUT2D eigenvalue weighted by atomic mass is 32.2. The zero-order valence-electron chi connectivity index (χ0n) is 20.8. The Balaban J connectivity index is 1.48. The number of nitrogens with one attached hydrogen (secondary N) is 2. The summed E-state index contributed by atoms with van der Waals surface area (Å²) >= 11 is 1.55. The quantitative estimate of drug-likeness (QED) is 0.300. The summed E-state index contributed by atoms with van der Waals surface area (Å²) in [4.78, 5) is 18.4. The van der Waals surface area contributed by atoms with Crippen LogP contribution in [0.2, 0.25) is 0 Å². The number of ether oxygens (including phenoxy) is 2. The Morgan fingerprint density at radius 1 is 0.973 bits per heavy atom. The fourth-order valence-corrected chi connectivity index (χ4v) is 4.96. The van der Waals surface area contributed by atoms with Gasteiger partial charge in [-0.25, -0.2) is 4.68 Å². The predicted molar refractivity (Wildman–Crippen MR) is 145 cm³/mol. The number of fused-ring (bicyclic) bond motifs is 1. The van der Waals surface area contributed by atoms with Gasteiger partial charge in [-0.2, -0.15) is 4.98 Å². The fraction of sp³-hybridized carbons (Fsp3) is 0.179. The number of anilines is 2. The molecule has 0 fully saturated rings. The second-order valence-corrected chi connectivity index (χ2v) is 9.40. The van der Waals surface area contributed by atoms with Crippen LogP contribution in [0.1, 0.15) is 24.1 Å². The summed E-state index contributed by atoms with van der Waals surface area (Å²) in [6, 6.07) is 24.6. The number of amides is 1. The maximum atomic E-state index is 13.6. The van der Waals surface area contributed by atoms with Crippen LogP contribution in [0.3, 0.4) is 0 Å². The molecule has 1 aliphatic rings. The smallest absolute Gasteiger partial charge is 0.255 e. The molecule has 0 unspecified atom stereocenters. The molecule has 1 aromatic heterocycles. The molecular weight excluding hydrogens is 486 g/mol. The molecule has 1 aliphatic heterocycles. The van der Waals surface area contributed by atoms with Gasteiger partial charge in [0.05, 0.1) is 19.8 Å². The summed E-state index contributed by atoms with van der Waals surface area (Å²) in [5.41, 5.74) is 4.02. The van der Waals surface area contributed by atoms with E-state index in [0.717, 1.165) is 22.8 Å². The summed E-state index contributed by atoms with van der Waals surface area (Å²) in [6.07, 6.45) is 0. The molecule has 1 atom stereocenters. The van der Waals surface area contributed by atoms with E-state index in [4.69, 9.17) is 19.6 Å². The van der Waals surface area contributed by atoms with E-state index in [1.54, 1.807) is 30.7 Å². The number of rotatable bonds is 8. The Morgan fingerprint density at radius 3 is 2.27 bits per heavy atom. The van der Waals surface area contributed by atoms with Gasteiger partial charge in [0.1, 0.15) is 17.5 Å². The van der Waals surface area contributed by atoms with Crippen molar-refractivity contribution in [3.63, 3.8) is 0 Å². The van der Waals surface area contributed by atoms with Gasteiger partial charge in [-0.3, -0.25) is 4.79 Å². The average Bonchev–Trinajstić information content (AvgIpc) is 3.34. The SMILES string of the molecule is COc1ccc(NC(=O)C2=C(C)Nc3nc(SCc4ccccc4)nn3[C@@H]2c2ccc(OC)cc2)cc1. The summed E-state index contributed by atoms with van der Waals surface area (Å²) < 4.78 is 12.4. The van der Waals surface area contributed by atoms with Crippen LogP contribution in [0.15, 0.2) is 95.3 Å². The predicted octanol–water partition coefficient (Wildman–Crippen LogP) is 5.52. The van der Waals surface area contributed by atoms with E-state index >= 15 is 0 Å². The lowest BCUT2D eigenvalue weighted by molar-refractivity contribution is -0.113. The molecule has 2 N–H and O–H groups in total. The van der Waals surface area contributed by atoms with Crippen LogP contribution in [0.25, 0.3) is 0 Å². The maximum absolute atomic E-state index is 13.6. The van der Waals surface area contributed by atoms with Crippen LogP contribution in [-0.2, 0) is 10.5 Å². The van der Waals surface area contributed by atoms with Gasteiger partial charge in [0.15, 0.2) is 0 Å². The van der Waals surface area contributed by atoms with Crippen molar-refractivity contribution in [1.82, 2.24) is 14.8 Å². The Labute approximate surface area is 219 Å². The molecule has 8 nitrogen and oxygen atoms in total. The number of benzene rings is 3. The molecule has 3 aromatic carbocycles. The first kappa shape index (κ1) is 24.5. The van der Waals surface area contributed by atoms with Crippen molar-refractivity contribution in [3.8, 4) is 11.5 Å². The van der Waals surface area contributed by atoms with Crippen molar-refractivity contribution in [1.29, 1.82) is 0 Å². The highest BCUT2D eigenvalue weighted by Crippen LogP contribution is 2.37. The van der Waals surface area contributed by atoms with E-state index in [2.05, 4.69) is 22.8 Å². The van der Waals surface area contributed by atoms with Gasteiger partial charge in [-0.1, -0.05) is 54.2 Å². The molecule has 0 radical (unpaired) electrons. The van der Waals surface area contributed by atoms with E-state index in [1.165, 1.54) is 5.56 Å². The third-order valence-electron chi connectivity index (χ3n) is 6.07. The number of aromatic nitrogens is 3. The Kier molecular flexibility index (Phi) is 7.14. The lowest BCUT2D eigenvalue weighted by Gasteiger charge is -2.28. The van der Waals surface area contributed by atoms with Crippen molar-refractivity contribution < 1.29 is 14.3 Å². The van der Waals surface area contributed by atoms with E-state index in [1.807, 2.05) is 73.7 Å². The van der Waals surface area contributed by atoms with Gasteiger partial charge >= 0.3 is 0 Å². The number of hydrogen-bond donors (Lipinski definition) is 2. The lowest BCUT2D eigenvalue weighted by Crippen LogP contribution is -2.31. The largest absolute Gasteiger partial charge is 0.497 e. The van der Waals surface area contributed by atoms with E-state index < -0.39 is 6.04 Å². The maximum Gasteiger partial charge on any atom is 0.255 e. The minimum atomic E-state index is -0.473. The topological polar surface area (TPSA) is 90.3 Å². The third kappa shape index (κ3) is 5.31. The minimum absolute atomic E-state index is 0.226. The van der Waals surface area contributed by atoms with Crippen LogP contribution in [0.4, 0.5) is 11.6 Å². The molecule has 188 valence electrons. The van der Waals surface area contributed by atoms with E-state index in [0.29, 0.717) is 28.1 Å². The summed E-state index contributed by atoms with van der Waals surface area (Å²) in [7, 11) is 3.24. The van der Waals surface area contributed by atoms with Crippen molar-refractivity contribution in [2.75, 3.05) is 24.9 Å². The molecule has 0 aliphatic carbocycles. The fourth-order valence-electron chi connectivity index (χ4n) is 4.18. The Hall–Kier alpha value is -4.24. The highest BCUT2D eigenvalue weighted by Gasteiger charge is 2.34. The zero-order valence-corrected chi connectivity index (χ0v) is 21.6. The molecule has 5 rings (SSSR count). The van der Waals surface area contributed by atoms with Gasteiger partial charge in [-0.05, 0) is 54.4 Å². The van der Waals surface area contributed by atoms with Crippen molar-refractivity contribution in [3.05, 3.63) is 101 Å².